The van der Waals surface area contributed by atoms with Crippen LogP contribution in [0.3, 0.4) is 0 Å². The van der Waals surface area contributed by atoms with Crippen molar-refractivity contribution in [3.63, 3.8) is 0 Å². The van der Waals surface area contributed by atoms with Crippen LogP contribution in [0.25, 0.3) is 0 Å². The highest BCUT2D eigenvalue weighted by atomic mass is 16.6. The van der Waals surface area contributed by atoms with Gasteiger partial charge in [0.05, 0.1) is 17.0 Å². The first-order valence-corrected chi connectivity index (χ1v) is 5.84. The summed E-state index contributed by atoms with van der Waals surface area (Å²) in [4.78, 5) is 29.1. The first-order valence-electron chi connectivity index (χ1n) is 5.84. The van der Waals surface area contributed by atoms with Crippen molar-refractivity contribution in [3.8, 4) is 0 Å². The van der Waals surface area contributed by atoms with Gasteiger partial charge < -0.3 is 15.6 Å². The van der Waals surface area contributed by atoms with Gasteiger partial charge in [-0.05, 0) is 6.07 Å². The fourth-order valence-electron chi connectivity index (χ4n) is 1.71. The van der Waals surface area contributed by atoms with Crippen LogP contribution in [0, 0.1) is 10.1 Å². The largest absolute Gasteiger partial charge is 0.387 e. The van der Waals surface area contributed by atoms with Crippen molar-refractivity contribution >= 4 is 17.3 Å². The van der Waals surface area contributed by atoms with E-state index in [2.05, 4.69) is 20.6 Å². The van der Waals surface area contributed by atoms with Gasteiger partial charge in [-0.3, -0.25) is 14.9 Å². The molecular weight excluding hydrogens is 262 g/mol. The van der Waals surface area contributed by atoms with Crippen LogP contribution in [0.2, 0.25) is 0 Å². The molecular formula is C12H13N5O3. The molecule has 104 valence electrons. The molecule has 8 nitrogen and oxygen atoms in total. The SMILES string of the molecule is CNc1ccc([N+](=O)[O-])cc1C(=O)NCc1ncc[nH]1. The summed E-state index contributed by atoms with van der Waals surface area (Å²) < 4.78 is 0. The second kappa shape index (κ2) is 5.83. The molecule has 2 rings (SSSR count). The van der Waals surface area contributed by atoms with E-state index in [0.717, 1.165) is 0 Å². The number of rotatable bonds is 5. The minimum atomic E-state index is -0.539. The van der Waals surface area contributed by atoms with Gasteiger partial charge in [-0.2, -0.15) is 0 Å². The minimum absolute atomic E-state index is 0.132. The Labute approximate surface area is 114 Å². The van der Waals surface area contributed by atoms with E-state index in [9.17, 15) is 14.9 Å². The molecule has 8 heteroatoms. The van der Waals surface area contributed by atoms with Gasteiger partial charge in [0.25, 0.3) is 11.6 Å². The van der Waals surface area contributed by atoms with Crippen LogP contribution in [-0.4, -0.2) is 27.8 Å². The Bertz CT molecular complexity index is 624. The van der Waals surface area contributed by atoms with Crippen molar-refractivity contribution in [1.82, 2.24) is 15.3 Å². The number of imidazole rings is 1. The third-order valence-corrected chi connectivity index (χ3v) is 2.70. The molecule has 0 spiro atoms. The first kappa shape index (κ1) is 13.5. The van der Waals surface area contributed by atoms with Gasteiger partial charge >= 0.3 is 0 Å². The Balaban J connectivity index is 2.18. The Morgan fingerprint density at radius 3 is 2.90 bits per heavy atom. The molecule has 0 bridgehead atoms. The summed E-state index contributed by atoms with van der Waals surface area (Å²) in [6.07, 6.45) is 3.22. The summed E-state index contributed by atoms with van der Waals surface area (Å²) >= 11 is 0. The third-order valence-electron chi connectivity index (χ3n) is 2.70. The maximum absolute atomic E-state index is 12.1. The Morgan fingerprint density at radius 2 is 2.30 bits per heavy atom. The van der Waals surface area contributed by atoms with Gasteiger partial charge in [0.2, 0.25) is 0 Å². The van der Waals surface area contributed by atoms with Crippen molar-refractivity contribution in [2.75, 3.05) is 12.4 Å². The number of carbonyl (C=O) groups excluding carboxylic acids is 1. The molecule has 3 N–H and O–H groups in total. The molecule has 1 aromatic heterocycles. The molecule has 20 heavy (non-hydrogen) atoms. The molecule has 1 amide bonds. The zero-order chi connectivity index (χ0) is 14.5. The predicted octanol–water partition coefficient (Wildman–Crippen LogP) is 1.29. The normalized spacial score (nSPS) is 10.1. The molecule has 0 unspecified atom stereocenters. The van der Waals surface area contributed by atoms with Crippen molar-refractivity contribution in [2.24, 2.45) is 0 Å². The minimum Gasteiger partial charge on any atom is -0.387 e. The Hall–Kier alpha value is -2.90. The number of non-ortho nitro benzene ring substituents is 1. The summed E-state index contributed by atoms with van der Waals surface area (Å²) in [5.74, 6) is 0.198. The van der Waals surface area contributed by atoms with Gasteiger partial charge in [0, 0.05) is 37.3 Å². The number of nitrogens with one attached hydrogen (secondary N) is 3. The smallest absolute Gasteiger partial charge is 0.270 e. The van der Waals surface area contributed by atoms with E-state index >= 15 is 0 Å². The van der Waals surface area contributed by atoms with Crippen LogP contribution in [0.4, 0.5) is 11.4 Å². The highest BCUT2D eigenvalue weighted by molar-refractivity contribution is 6.00. The van der Waals surface area contributed by atoms with E-state index in [1.807, 2.05) is 0 Å². The molecule has 0 aliphatic rings. The first-order chi connectivity index (χ1) is 9.61. The van der Waals surface area contributed by atoms with Crippen molar-refractivity contribution in [2.45, 2.75) is 6.54 Å². The average Bonchev–Trinajstić information content (AvgIpc) is 2.97. The summed E-state index contributed by atoms with van der Waals surface area (Å²) in [6.45, 7) is 0.220. The second-order valence-corrected chi connectivity index (χ2v) is 3.96. The number of aromatic amines is 1. The van der Waals surface area contributed by atoms with Gasteiger partial charge in [0.15, 0.2) is 0 Å². The highest BCUT2D eigenvalue weighted by Crippen LogP contribution is 2.21. The number of hydrogen-bond acceptors (Lipinski definition) is 5. The lowest BCUT2D eigenvalue weighted by Gasteiger charge is -2.09. The molecule has 0 radical (unpaired) electrons. The van der Waals surface area contributed by atoms with Crippen LogP contribution in [0.5, 0.6) is 0 Å². The zero-order valence-electron chi connectivity index (χ0n) is 10.7. The molecule has 0 saturated carbocycles. The van der Waals surface area contributed by atoms with Gasteiger partial charge in [-0.25, -0.2) is 4.98 Å². The number of aromatic nitrogens is 2. The van der Waals surface area contributed by atoms with Crippen LogP contribution >= 0.6 is 0 Å². The lowest BCUT2D eigenvalue weighted by atomic mass is 10.1. The van der Waals surface area contributed by atoms with E-state index in [4.69, 9.17) is 0 Å². The number of amides is 1. The molecule has 1 heterocycles. The average molecular weight is 275 g/mol. The number of anilines is 1. The number of nitrogens with zero attached hydrogens (tertiary/aromatic N) is 2. The quantitative estimate of drug-likeness (QED) is 0.562. The lowest BCUT2D eigenvalue weighted by Crippen LogP contribution is -2.24. The van der Waals surface area contributed by atoms with Crippen LogP contribution in [0.1, 0.15) is 16.2 Å². The third kappa shape index (κ3) is 2.91. The fourth-order valence-corrected chi connectivity index (χ4v) is 1.71. The van der Waals surface area contributed by atoms with Crippen LogP contribution in [-0.2, 0) is 6.54 Å². The molecule has 0 atom stereocenters. The fraction of sp³-hybridized carbons (Fsp3) is 0.167. The number of hydrogen-bond donors (Lipinski definition) is 3. The van der Waals surface area contributed by atoms with E-state index < -0.39 is 10.8 Å². The molecule has 0 fully saturated rings. The lowest BCUT2D eigenvalue weighted by molar-refractivity contribution is -0.384. The van der Waals surface area contributed by atoms with Crippen LogP contribution < -0.4 is 10.6 Å². The van der Waals surface area contributed by atoms with E-state index in [1.165, 1.54) is 18.2 Å². The molecule has 1 aromatic carbocycles. The van der Waals surface area contributed by atoms with Gasteiger partial charge in [-0.15, -0.1) is 0 Å². The maximum Gasteiger partial charge on any atom is 0.270 e. The Kier molecular flexibility index (Phi) is 3.94. The van der Waals surface area contributed by atoms with E-state index in [0.29, 0.717) is 11.5 Å². The standard InChI is InChI=1S/C12H13N5O3/c1-13-10-3-2-8(17(19)20)6-9(10)12(18)16-7-11-14-4-5-15-11/h2-6,13H,7H2,1H3,(H,14,15)(H,16,18). The summed E-state index contributed by atoms with van der Waals surface area (Å²) in [7, 11) is 1.64. The zero-order valence-corrected chi connectivity index (χ0v) is 10.7. The number of nitro groups is 1. The predicted molar refractivity (Wildman–Crippen MR) is 72.4 cm³/mol. The summed E-state index contributed by atoms with van der Waals surface area (Å²) in [5, 5.41) is 16.2. The van der Waals surface area contributed by atoms with Crippen molar-refractivity contribution < 1.29 is 9.72 Å². The van der Waals surface area contributed by atoms with Crippen molar-refractivity contribution in [1.29, 1.82) is 0 Å². The molecule has 0 saturated heterocycles. The molecule has 0 aliphatic heterocycles. The Morgan fingerprint density at radius 1 is 1.50 bits per heavy atom. The van der Waals surface area contributed by atoms with Gasteiger partial charge in [0.1, 0.15) is 5.82 Å². The van der Waals surface area contributed by atoms with E-state index in [-0.39, 0.29) is 17.8 Å². The number of benzene rings is 1. The number of nitro benzene ring substituents is 1. The summed E-state index contributed by atoms with van der Waals surface area (Å²) in [5.41, 5.74) is 0.605. The summed E-state index contributed by atoms with van der Waals surface area (Å²) in [6, 6.07) is 4.08. The molecule has 2 aromatic rings. The van der Waals surface area contributed by atoms with Gasteiger partial charge in [-0.1, -0.05) is 0 Å². The highest BCUT2D eigenvalue weighted by Gasteiger charge is 2.16. The number of carbonyl (C=O) groups is 1. The topological polar surface area (TPSA) is 113 Å². The van der Waals surface area contributed by atoms with Crippen LogP contribution in [0.15, 0.2) is 30.6 Å². The van der Waals surface area contributed by atoms with Crippen molar-refractivity contribution in [3.05, 3.63) is 52.1 Å². The second-order valence-electron chi connectivity index (χ2n) is 3.96. The van der Waals surface area contributed by atoms with E-state index in [1.54, 1.807) is 19.4 Å². The monoisotopic (exact) mass is 275 g/mol. The molecule has 0 aliphatic carbocycles. The number of H-pyrrole nitrogens is 1. The maximum atomic E-state index is 12.1.